The van der Waals surface area contributed by atoms with Crippen LogP contribution in [0.4, 0.5) is 18.9 Å². The van der Waals surface area contributed by atoms with Crippen molar-refractivity contribution in [2.45, 2.75) is 19.0 Å². The largest absolute Gasteiger partial charge is 0.416 e. The number of nitrogens with one attached hydrogen (secondary N) is 1. The highest BCUT2D eigenvalue weighted by Crippen LogP contribution is 2.31. The van der Waals surface area contributed by atoms with E-state index in [0.29, 0.717) is 25.3 Å². The zero-order chi connectivity index (χ0) is 18.3. The normalized spacial score (nSPS) is 16.1. The number of benzene rings is 1. The van der Waals surface area contributed by atoms with E-state index in [1.54, 1.807) is 6.07 Å². The van der Waals surface area contributed by atoms with E-state index >= 15 is 0 Å². The molecule has 0 unspecified atom stereocenters. The molecule has 3 N–H and O–H groups in total. The van der Waals surface area contributed by atoms with Crippen LogP contribution in [0.5, 0.6) is 0 Å². The van der Waals surface area contributed by atoms with Crippen molar-refractivity contribution in [1.82, 2.24) is 10.2 Å². The standard InChI is InChI=1S/C17H25F3N4O/c18-17(19,20)14-4-3-5-15(12-14)24-10-8-23(9-11-24)7-2-1-6-22-16(25)13-21/h3-5,12H,1-2,6-11,13,21H2,(H,22,25). The van der Waals surface area contributed by atoms with Crippen molar-refractivity contribution < 1.29 is 18.0 Å². The van der Waals surface area contributed by atoms with E-state index in [1.165, 1.54) is 12.1 Å². The molecule has 25 heavy (non-hydrogen) atoms. The van der Waals surface area contributed by atoms with Crippen molar-refractivity contribution in [3.63, 3.8) is 0 Å². The molecule has 8 heteroatoms. The molecule has 0 spiro atoms. The minimum atomic E-state index is -4.31. The van der Waals surface area contributed by atoms with Gasteiger partial charge >= 0.3 is 6.18 Å². The summed E-state index contributed by atoms with van der Waals surface area (Å²) in [5.74, 6) is -0.144. The zero-order valence-electron chi connectivity index (χ0n) is 14.2. The van der Waals surface area contributed by atoms with E-state index in [1.807, 2.05) is 4.90 Å². The van der Waals surface area contributed by atoms with E-state index in [9.17, 15) is 18.0 Å². The van der Waals surface area contributed by atoms with Crippen LogP contribution in [-0.4, -0.2) is 56.6 Å². The van der Waals surface area contributed by atoms with Crippen LogP contribution in [0.1, 0.15) is 18.4 Å². The maximum atomic E-state index is 12.8. The Bertz CT molecular complexity index is 557. The molecule has 0 aliphatic carbocycles. The Morgan fingerprint density at radius 1 is 1.16 bits per heavy atom. The monoisotopic (exact) mass is 358 g/mol. The second-order valence-corrected chi connectivity index (χ2v) is 6.14. The Kier molecular flexibility index (Phi) is 7.07. The number of unbranched alkanes of at least 4 members (excludes halogenated alkanes) is 1. The molecule has 0 bridgehead atoms. The third-order valence-corrected chi connectivity index (χ3v) is 4.32. The lowest BCUT2D eigenvalue weighted by atomic mass is 10.1. The number of rotatable bonds is 7. The molecule has 1 amide bonds. The number of carbonyl (C=O) groups excluding carboxylic acids is 1. The molecule has 1 heterocycles. The number of halogens is 3. The van der Waals surface area contributed by atoms with E-state index < -0.39 is 11.7 Å². The van der Waals surface area contributed by atoms with Gasteiger partial charge in [-0.3, -0.25) is 9.69 Å². The summed E-state index contributed by atoms with van der Waals surface area (Å²) in [6.45, 7) is 4.64. The molecule has 1 aliphatic rings. The lowest BCUT2D eigenvalue weighted by Gasteiger charge is -2.36. The lowest BCUT2D eigenvalue weighted by Crippen LogP contribution is -2.46. The second kappa shape index (κ2) is 9.05. The molecule has 0 atom stereocenters. The summed E-state index contributed by atoms with van der Waals surface area (Å²) in [7, 11) is 0. The molecule has 1 aliphatic heterocycles. The van der Waals surface area contributed by atoms with E-state index in [2.05, 4.69) is 10.2 Å². The number of anilines is 1. The molecule has 0 saturated carbocycles. The summed E-state index contributed by atoms with van der Waals surface area (Å²) in [4.78, 5) is 15.3. The second-order valence-electron chi connectivity index (χ2n) is 6.14. The maximum absolute atomic E-state index is 12.8. The first-order valence-corrected chi connectivity index (χ1v) is 8.51. The minimum Gasteiger partial charge on any atom is -0.369 e. The first kappa shape index (κ1) is 19.5. The topological polar surface area (TPSA) is 61.6 Å². The third-order valence-electron chi connectivity index (χ3n) is 4.32. The fraction of sp³-hybridized carbons (Fsp3) is 0.588. The first-order valence-electron chi connectivity index (χ1n) is 8.51. The average molecular weight is 358 g/mol. The van der Waals surface area contributed by atoms with Gasteiger partial charge in [-0.1, -0.05) is 6.07 Å². The summed E-state index contributed by atoms with van der Waals surface area (Å²) in [6.07, 6.45) is -2.45. The van der Waals surface area contributed by atoms with Gasteiger partial charge in [-0.05, 0) is 37.6 Å². The molecule has 5 nitrogen and oxygen atoms in total. The minimum absolute atomic E-state index is 0.0114. The fourth-order valence-electron chi connectivity index (χ4n) is 2.87. The van der Waals surface area contributed by atoms with Gasteiger partial charge in [0.1, 0.15) is 0 Å². The predicted octanol–water partition coefficient (Wildman–Crippen LogP) is 1.68. The number of amides is 1. The Hall–Kier alpha value is -1.80. The van der Waals surface area contributed by atoms with Crippen LogP contribution in [0.2, 0.25) is 0 Å². The summed E-state index contributed by atoms with van der Waals surface area (Å²) in [6, 6.07) is 5.50. The Balaban J connectivity index is 1.72. The first-order chi connectivity index (χ1) is 11.9. The summed E-state index contributed by atoms with van der Waals surface area (Å²) in [5, 5.41) is 2.73. The zero-order valence-corrected chi connectivity index (χ0v) is 14.2. The van der Waals surface area contributed by atoms with Crippen molar-refractivity contribution in [3.8, 4) is 0 Å². The Labute approximate surface area is 146 Å². The van der Waals surface area contributed by atoms with Crippen LogP contribution >= 0.6 is 0 Å². The van der Waals surface area contributed by atoms with Gasteiger partial charge < -0.3 is 16.0 Å². The molecular formula is C17H25F3N4O. The van der Waals surface area contributed by atoms with E-state index in [0.717, 1.165) is 38.5 Å². The Morgan fingerprint density at radius 3 is 2.52 bits per heavy atom. The Morgan fingerprint density at radius 2 is 1.88 bits per heavy atom. The summed E-state index contributed by atoms with van der Waals surface area (Å²) in [5.41, 5.74) is 5.23. The predicted molar refractivity (Wildman–Crippen MR) is 91.4 cm³/mol. The van der Waals surface area contributed by atoms with Crippen LogP contribution in [0.25, 0.3) is 0 Å². The molecule has 0 radical (unpaired) electrons. The van der Waals surface area contributed by atoms with Crippen LogP contribution < -0.4 is 16.0 Å². The molecule has 140 valence electrons. The molecule has 1 fully saturated rings. The van der Waals surface area contributed by atoms with Crippen molar-refractivity contribution in [1.29, 1.82) is 0 Å². The van der Waals surface area contributed by atoms with Gasteiger partial charge in [0.05, 0.1) is 12.1 Å². The van der Waals surface area contributed by atoms with E-state index in [-0.39, 0.29) is 12.5 Å². The van der Waals surface area contributed by atoms with Gasteiger partial charge in [0, 0.05) is 38.4 Å². The SMILES string of the molecule is NCC(=O)NCCCCN1CCN(c2cccc(C(F)(F)F)c2)CC1. The number of nitrogens with two attached hydrogens (primary N) is 1. The fourth-order valence-corrected chi connectivity index (χ4v) is 2.87. The quantitative estimate of drug-likeness (QED) is 0.728. The van der Waals surface area contributed by atoms with Crippen LogP contribution in [0.3, 0.4) is 0 Å². The average Bonchev–Trinajstić information content (AvgIpc) is 2.61. The van der Waals surface area contributed by atoms with Crippen molar-refractivity contribution in [3.05, 3.63) is 29.8 Å². The number of hydrogen-bond acceptors (Lipinski definition) is 4. The summed E-state index contributed by atoms with van der Waals surface area (Å²) < 4.78 is 38.4. The third kappa shape index (κ3) is 6.21. The highest BCUT2D eigenvalue weighted by atomic mass is 19.4. The van der Waals surface area contributed by atoms with Gasteiger partial charge in [-0.15, -0.1) is 0 Å². The number of hydrogen-bond donors (Lipinski definition) is 2. The highest BCUT2D eigenvalue weighted by molar-refractivity contribution is 5.77. The molecule has 2 rings (SSSR count). The van der Waals surface area contributed by atoms with Crippen LogP contribution in [0, 0.1) is 0 Å². The van der Waals surface area contributed by atoms with Gasteiger partial charge in [0.15, 0.2) is 0 Å². The van der Waals surface area contributed by atoms with E-state index in [4.69, 9.17) is 5.73 Å². The number of nitrogens with zero attached hydrogens (tertiary/aromatic N) is 2. The van der Waals surface area contributed by atoms with Gasteiger partial charge in [0.2, 0.25) is 5.91 Å². The summed E-state index contributed by atoms with van der Waals surface area (Å²) >= 11 is 0. The number of carbonyl (C=O) groups is 1. The molecule has 1 saturated heterocycles. The number of alkyl halides is 3. The lowest BCUT2D eigenvalue weighted by molar-refractivity contribution is -0.137. The smallest absolute Gasteiger partial charge is 0.369 e. The molecule has 1 aromatic carbocycles. The molecule has 0 aromatic heterocycles. The van der Waals surface area contributed by atoms with Gasteiger partial charge in [-0.2, -0.15) is 13.2 Å². The van der Waals surface area contributed by atoms with Gasteiger partial charge in [0.25, 0.3) is 0 Å². The van der Waals surface area contributed by atoms with Crippen molar-refractivity contribution in [2.75, 3.05) is 50.7 Å². The van der Waals surface area contributed by atoms with Gasteiger partial charge in [-0.25, -0.2) is 0 Å². The molecular weight excluding hydrogens is 333 g/mol. The highest BCUT2D eigenvalue weighted by Gasteiger charge is 2.31. The van der Waals surface area contributed by atoms with Crippen molar-refractivity contribution >= 4 is 11.6 Å². The molecule has 1 aromatic rings. The number of piperazine rings is 1. The maximum Gasteiger partial charge on any atom is 0.416 e. The van der Waals surface area contributed by atoms with Crippen LogP contribution in [-0.2, 0) is 11.0 Å². The van der Waals surface area contributed by atoms with Crippen molar-refractivity contribution in [2.24, 2.45) is 5.73 Å². The van der Waals surface area contributed by atoms with Crippen LogP contribution in [0.15, 0.2) is 24.3 Å².